The maximum atomic E-state index is 13.0. The highest BCUT2D eigenvalue weighted by Crippen LogP contribution is 2.59. The molecule has 158 valence electrons. The van der Waals surface area contributed by atoms with Crippen molar-refractivity contribution in [3.63, 3.8) is 0 Å². The largest absolute Gasteiger partial charge is 0.490 e. The molecule has 0 spiro atoms. The minimum atomic E-state index is -0.0677. The van der Waals surface area contributed by atoms with Crippen LogP contribution < -0.4 is 15.8 Å². The third-order valence-electron chi connectivity index (χ3n) is 7.99. The quantitative estimate of drug-likeness (QED) is 0.714. The number of nitrogens with one attached hydrogen (secondary N) is 1. The standard InChI is InChI=1S/C24H33ClN2O2/c25-22-6-5-20(29-19-3-1-18(26)2-4-19)10-21(22)23(28)27-14-24-11-15-7-16(12-24)9-17(8-15)13-24/h5-6,10,15-19H,1-4,7-9,11-14,26H2,(H,27,28). The van der Waals surface area contributed by atoms with Crippen molar-refractivity contribution in [1.82, 2.24) is 5.32 Å². The zero-order valence-corrected chi connectivity index (χ0v) is 17.9. The molecule has 0 aromatic heterocycles. The molecule has 0 aliphatic heterocycles. The molecule has 0 unspecified atom stereocenters. The molecule has 5 aliphatic carbocycles. The number of carbonyl (C=O) groups excluding carboxylic acids is 1. The lowest BCUT2D eigenvalue weighted by molar-refractivity contribution is -0.0503. The van der Waals surface area contributed by atoms with Gasteiger partial charge in [0.05, 0.1) is 16.7 Å². The maximum absolute atomic E-state index is 13.0. The molecule has 1 aromatic carbocycles. The third kappa shape index (κ3) is 4.16. The molecule has 0 atom stereocenters. The molecule has 5 fully saturated rings. The second kappa shape index (κ2) is 7.77. The minimum Gasteiger partial charge on any atom is -0.490 e. The lowest BCUT2D eigenvalue weighted by Crippen LogP contribution is -2.51. The van der Waals surface area contributed by atoms with Crippen LogP contribution in [0.5, 0.6) is 5.75 Å². The number of hydrogen-bond donors (Lipinski definition) is 2. The molecule has 29 heavy (non-hydrogen) atoms. The smallest absolute Gasteiger partial charge is 0.252 e. The van der Waals surface area contributed by atoms with E-state index >= 15 is 0 Å². The van der Waals surface area contributed by atoms with Gasteiger partial charge in [0.2, 0.25) is 0 Å². The number of nitrogens with two attached hydrogens (primary N) is 1. The van der Waals surface area contributed by atoms with E-state index in [2.05, 4.69) is 5.32 Å². The van der Waals surface area contributed by atoms with E-state index in [0.717, 1.165) is 55.7 Å². The van der Waals surface area contributed by atoms with Crippen LogP contribution in [0.1, 0.15) is 74.6 Å². The Kier molecular flexibility index (Phi) is 5.28. The Morgan fingerprint density at radius 3 is 2.31 bits per heavy atom. The lowest BCUT2D eigenvalue weighted by atomic mass is 9.49. The maximum Gasteiger partial charge on any atom is 0.252 e. The van der Waals surface area contributed by atoms with E-state index in [4.69, 9.17) is 22.1 Å². The molecule has 0 saturated heterocycles. The normalized spacial score (nSPS) is 38.1. The fraction of sp³-hybridized carbons (Fsp3) is 0.708. The van der Waals surface area contributed by atoms with Crippen LogP contribution in [-0.4, -0.2) is 24.6 Å². The predicted molar refractivity (Wildman–Crippen MR) is 115 cm³/mol. The number of ether oxygens (including phenoxy) is 1. The fourth-order valence-electron chi connectivity index (χ4n) is 7.02. The van der Waals surface area contributed by atoms with Gasteiger partial charge in [-0.25, -0.2) is 0 Å². The SMILES string of the molecule is NC1CCC(Oc2ccc(Cl)c(C(=O)NCC34CC5CC(CC(C5)C3)C4)c2)CC1. The number of carbonyl (C=O) groups is 1. The molecule has 4 bridgehead atoms. The van der Waals surface area contributed by atoms with Gasteiger partial charge in [-0.15, -0.1) is 0 Å². The van der Waals surface area contributed by atoms with Crippen molar-refractivity contribution in [3.05, 3.63) is 28.8 Å². The Morgan fingerprint density at radius 2 is 1.69 bits per heavy atom. The van der Waals surface area contributed by atoms with Crippen molar-refractivity contribution in [2.45, 2.75) is 76.4 Å². The van der Waals surface area contributed by atoms with E-state index < -0.39 is 0 Å². The highest BCUT2D eigenvalue weighted by Gasteiger charge is 2.50. The van der Waals surface area contributed by atoms with Gasteiger partial charge in [0.25, 0.3) is 5.91 Å². The van der Waals surface area contributed by atoms with Gasteiger partial charge in [0.1, 0.15) is 5.75 Å². The van der Waals surface area contributed by atoms with Gasteiger partial charge >= 0.3 is 0 Å². The van der Waals surface area contributed by atoms with E-state index in [1.165, 1.54) is 38.5 Å². The summed E-state index contributed by atoms with van der Waals surface area (Å²) in [6.45, 7) is 0.789. The average Bonchev–Trinajstić information content (AvgIpc) is 2.68. The van der Waals surface area contributed by atoms with Gasteiger partial charge in [0.15, 0.2) is 0 Å². The monoisotopic (exact) mass is 416 g/mol. The van der Waals surface area contributed by atoms with Crippen LogP contribution in [0, 0.1) is 23.2 Å². The number of halogens is 1. The Morgan fingerprint density at radius 1 is 1.07 bits per heavy atom. The number of benzene rings is 1. The first kappa shape index (κ1) is 19.7. The zero-order valence-electron chi connectivity index (χ0n) is 17.2. The molecule has 6 rings (SSSR count). The van der Waals surface area contributed by atoms with Crippen molar-refractivity contribution in [1.29, 1.82) is 0 Å². The van der Waals surface area contributed by atoms with Crippen molar-refractivity contribution >= 4 is 17.5 Å². The Labute approximate surface area is 178 Å². The van der Waals surface area contributed by atoms with Crippen LogP contribution in [0.4, 0.5) is 0 Å². The van der Waals surface area contributed by atoms with E-state index in [9.17, 15) is 4.79 Å². The van der Waals surface area contributed by atoms with Gasteiger partial charge in [-0.05, 0) is 106 Å². The van der Waals surface area contributed by atoms with E-state index in [1.54, 1.807) is 6.07 Å². The summed E-state index contributed by atoms with van der Waals surface area (Å²) >= 11 is 6.37. The van der Waals surface area contributed by atoms with Gasteiger partial charge in [-0.3, -0.25) is 4.79 Å². The Hall–Kier alpha value is -1.26. The molecule has 4 nitrogen and oxygen atoms in total. The van der Waals surface area contributed by atoms with Crippen LogP contribution in [-0.2, 0) is 0 Å². The molecule has 1 amide bonds. The minimum absolute atomic E-state index is 0.0677. The molecular weight excluding hydrogens is 384 g/mol. The molecule has 3 N–H and O–H groups in total. The van der Waals surface area contributed by atoms with Gasteiger partial charge in [0, 0.05) is 12.6 Å². The molecule has 5 aliphatic rings. The molecule has 0 heterocycles. The molecule has 5 heteroatoms. The Balaban J connectivity index is 1.23. The van der Waals surface area contributed by atoms with Crippen LogP contribution >= 0.6 is 11.6 Å². The fourth-order valence-corrected chi connectivity index (χ4v) is 7.22. The summed E-state index contributed by atoms with van der Waals surface area (Å²) in [6.07, 6.45) is 12.3. The van der Waals surface area contributed by atoms with E-state index in [0.29, 0.717) is 22.0 Å². The summed E-state index contributed by atoms with van der Waals surface area (Å²) in [4.78, 5) is 13.0. The van der Waals surface area contributed by atoms with E-state index in [-0.39, 0.29) is 12.0 Å². The average molecular weight is 417 g/mol. The first-order chi connectivity index (χ1) is 14.0. The highest BCUT2D eigenvalue weighted by atomic mass is 35.5. The summed E-state index contributed by atoms with van der Waals surface area (Å²) in [5, 5.41) is 3.73. The zero-order chi connectivity index (χ0) is 20.0. The lowest BCUT2D eigenvalue weighted by Gasteiger charge is -2.56. The van der Waals surface area contributed by atoms with Crippen molar-refractivity contribution in [2.75, 3.05) is 6.54 Å². The topological polar surface area (TPSA) is 64.3 Å². The molecular formula is C24H33ClN2O2. The van der Waals surface area contributed by atoms with Crippen molar-refractivity contribution < 1.29 is 9.53 Å². The second-order valence-corrected chi connectivity index (χ2v) is 10.8. The van der Waals surface area contributed by atoms with Crippen LogP contribution in [0.2, 0.25) is 5.02 Å². The van der Waals surface area contributed by atoms with Gasteiger partial charge in [-0.2, -0.15) is 0 Å². The summed E-state index contributed by atoms with van der Waals surface area (Å²) in [6, 6.07) is 5.76. The molecule has 1 aromatic rings. The second-order valence-electron chi connectivity index (χ2n) is 10.4. The highest BCUT2D eigenvalue weighted by molar-refractivity contribution is 6.33. The molecule has 5 saturated carbocycles. The van der Waals surface area contributed by atoms with Crippen LogP contribution in [0.3, 0.4) is 0 Å². The summed E-state index contributed by atoms with van der Waals surface area (Å²) < 4.78 is 6.13. The Bertz CT molecular complexity index is 737. The summed E-state index contributed by atoms with van der Waals surface area (Å²) in [5.74, 6) is 3.34. The van der Waals surface area contributed by atoms with Gasteiger partial charge in [-0.1, -0.05) is 11.6 Å². The van der Waals surface area contributed by atoms with Crippen molar-refractivity contribution in [2.24, 2.45) is 28.9 Å². The summed E-state index contributed by atoms with van der Waals surface area (Å²) in [7, 11) is 0. The first-order valence-electron chi connectivity index (χ1n) is 11.5. The van der Waals surface area contributed by atoms with E-state index in [1.807, 2.05) is 12.1 Å². The molecule has 0 radical (unpaired) electrons. The van der Waals surface area contributed by atoms with Crippen LogP contribution in [0.15, 0.2) is 18.2 Å². The van der Waals surface area contributed by atoms with Crippen LogP contribution in [0.25, 0.3) is 0 Å². The van der Waals surface area contributed by atoms with Crippen molar-refractivity contribution in [3.8, 4) is 5.75 Å². The third-order valence-corrected chi connectivity index (χ3v) is 8.32. The first-order valence-corrected chi connectivity index (χ1v) is 11.9. The summed E-state index contributed by atoms with van der Waals surface area (Å²) in [5.41, 5.74) is 6.84. The number of rotatable bonds is 5. The predicted octanol–water partition coefficient (Wildman–Crippen LogP) is 4.93. The van der Waals surface area contributed by atoms with Gasteiger partial charge < -0.3 is 15.8 Å². The number of amides is 1. The number of hydrogen-bond acceptors (Lipinski definition) is 3.